The molecule has 3 heterocycles. The Morgan fingerprint density at radius 2 is 2.13 bits per heavy atom. The lowest BCUT2D eigenvalue weighted by atomic mass is 10.1. The minimum Gasteiger partial charge on any atom is -0.305 e. The Bertz CT molecular complexity index is 661. The van der Waals surface area contributed by atoms with Crippen LogP contribution in [0.1, 0.15) is 36.3 Å². The van der Waals surface area contributed by atoms with Crippen LogP contribution in [0.2, 0.25) is 5.02 Å². The topological polar surface area (TPSA) is 63.1 Å². The molecule has 23 heavy (non-hydrogen) atoms. The van der Waals surface area contributed by atoms with Crippen LogP contribution in [0, 0.1) is 0 Å². The number of piperidine rings is 1. The summed E-state index contributed by atoms with van der Waals surface area (Å²) >= 11 is 5.80. The first kappa shape index (κ1) is 16.0. The third-order valence-electron chi connectivity index (χ3n) is 4.22. The van der Waals surface area contributed by atoms with Crippen LogP contribution in [-0.2, 0) is 0 Å². The van der Waals surface area contributed by atoms with Gasteiger partial charge in [-0.25, -0.2) is 9.67 Å². The SMILES string of the molecule is CCN1CCC(n2nccc2NC(=O)c2ccc(Cl)cn2)CC1. The van der Waals surface area contributed by atoms with Gasteiger partial charge in [0, 0.05) is 25.4 Å². The zero-order valence-corrected chi connectivity index (χ0v) is 13.8. The third-order valence-corrected chi connectivity index (χ3v) is 4.45. The normalized spacial score (nSPS) is 16.4. The Labute approximate surface area is 140 Å². The largest absolute Gasteiger partial charge is 0.305 e. The zero-order valence-electron chi connectivity index (χ0n) is 13.1. The summed E-state index contributed by atoms with van der Waals surface area (Å²) in [4.78, 5) is 18.8. The van der Waals surface area contributed by atoms with Gasteiger partial charge in [0.25, 0.3) is 5.91 Å². The molecule has 0 unspecified atom stereocenters. The Balaban J connectivity index is 1.69. The van der Waals surface area contributed by atoms with Gasteiger partial charge in [0.05, 0.1) is 17.3 Å². The maximum Gasteiger partial charge on any atom is 0.275 e. The number of aromatic nitrogens is 3. The number of hydrogen-bond donors (Lipinski definition) is 1. The average molecular weight is 334 g/mol. The van der Waals surface area contributed by atoms with Crippen LogP contribution in [-0.4, -0.2) is 45.2 Å². The lowest BCUT2D eigenvalue weighted by molar-refractivity contribution is 0.102. The summed E-state index contributed by atoms with van der Waals surface area (Å²) in [5, 5.41) is 7.79. The molecule has 2 aromatic rings. The van der Waals surface area contributed by atoms with Crippen molar-refractivity contribution in [3.05, 3.63) is 41.3 Å². The highest BCUT2D eigenvalue weighted by molar-refractivity contribution is 6.30. The van der Waals surface area contributed by atoms with E-state index < -0.39 is 0 Å². The average Bonchev–Trinajstić information content (AvgIpc) is 3.03. The summed E-state index contributed by atoms with van der Waals surface area (Å²) in [5.74, 6) is 0.455. The molecule has 1 aliphatic rings. The number of nitrogens with zero attached hydrogens (tertiary/aromatic N) is 4. The van der Waals surface area contributed by atoms with E-state index in [1.54, 1.807) is 18.3 Å². The molecule has 7 heteroatoms. The summed E-state index contributed by atoms with van der Waals surface area (Å²) in [5.41, 5.74) is 0.336. The molecule has 0 aliphatic carbocycles. The fourth-order valence-electron chi connectivity index (χ4n) is 2.87. The summed E-state index contributed by atoms with van der Waals surface area (Å²) in [6.45, 7) is 5.39. The molecule has 3 rings (SSSR count). The quantitative estimate of drug-likeness (QED) is 0.934. The fourth-order valence-corrected chi connectivity index (χ4v) is 2.99. The number of halogens is 1. The Morgan fingerprint density at radius 1 is 1.35 bits per heavy atom. The summed E-state index contributed by atoms with van der Waals surface area (Å²) in [7, 11) is 0. The van der Waals surface area contributed by atoms with Crippen molar-refractivity contribution < 1.29 is 4.79 Å². The van der Waals surface area contributed by atoms with Gasteiger partial charge in [-0.3, -0.25) is 4.79 Å². The van der Waals surface area contributed by atoms with E-state index in [9.17, 15) is 4.79 Å². The van der Waals surface area contributed by atoms with Crippen LogP contribution >= 0.6 is 11.6 Å². The maximum atomic E-state index is 12.3. The van der Waals surface area contributed by atoms with Crippen molar-refractivity contribution in [1.29, 1.82) is 0 Å². The number of carbonyl (C=O) groups is 1. The molecule has 2 aromatic heterocycles. The van der Waals surface area contributed by atoms with Crippen LogP contribution in [0.25, 0.3) is 0 Å². The van der Waals surface area contributed by atoms with E-state index in [-0.39, 0.29) is 5.91 Å². The molecule has 0 spiro atoms. The van der Waals surface area contributed by atoms with E-state index in [1.807, 2.05) is 10.7 Å². The molecular weight excluding hydrogens is 314 g/mol. The minimum absolute atomic E-state index is 0.255. The number of pyridine rings is 1. The predicted molar refractivity (Wildman–Crippen MR) is 89.8 cm³/mol. The molecule has 0 atom stereocenters. The fraction of sp³-hybridized carbons (Fsp3) is 0.438. The van der Waals surface area contributed by atoms with Crippen molar-refractivity contribution in [3.8, 4) is 0 Å². The molecule has 122 valence electrons. The van der Waals surface area contributed by atoms with Crippen LogP contribution in [0.5, 0.6) is 0 Å². The number of carbonyl (C=O) groups excluding carboxylic acids is 1. The number of amides is 1. The highest BCUT2D eigenvalue weighted by atomic mass is 35.5. The predicted octanol–water partition coefficient (Wildman–Crippen LogP) is 2.84. The zero-order chi connectivity index (χ0) is 16.2. The summed E-state index contributed by atoms with van der Waals surface area (Å²) in [6, 6.07) is 5.40. The first-order valence-electron chi connectivity index (χ1n) is 7.86. The second-order valence-electron chi connectivity index (χ2n) is 5.64. The molecule has 0 bridgehead atoms. The van der Waals surface area contributed by atoms with Crippen LogP contribution < -0.4 is 5.32 Å². The summed E-state index contributed by atoms with van der Waals surface area (Å²) < 4.78 is 1.92. The van der Waals surface area contributed by atoms with Crippen molar-refractivity contribution in [1.82, 2.24) is 19.7 Å². The molecular formula is C16H20ClN5O. The first-order valence-corrected chi connectivity index (χ1v) is 8.24. The maximum absolute atomic E-state index is 12.3. The molecule has 1 amide bonds. The van der Waals surface area contributed by atoms with Gasteiger partial charge in [-0.05, 0) is 31.5 Å². The summed E-state index contributed by atoms with van der Waals surface area (Å²) in [6.07, 6.45) is 5.26. The molecule has 1 aliphatic heterocycles. The second-order valence-corrected chi connectivity index (χ2v) is 6.08. The Morgan fingerprint density at radius 3 is 2.78 bits per heavy atom. The molecule has 1 saturated heterocycles. The van der Waals surface area contributed by atoms with E-state index in [2.05, 4.69) is 27.2 Å². The van der Waals surface area contributed by atoms with E-state index in [0.717, 1.165) is 32.5 Å². The van der Waals surface area contributed by atoms with Crippen molar-refractivity contribution in [3.63, 3.8) is 0 Å². The standard InChI is InChI=1S/C16H20ClN5O/c1-2-21-9-6-13(7-10-21)22-15(5-8-19-22)20-16(23)14-4-3-12(17)11-18-14/h3-5,8,11,13H,2,6-7,9-10H2,1H3,(H,20,23). The molecule has 1 N–H and O–H groups in total. The lowest BCUT2D eigenvalue weighted by Crippen LogP contribution is -2.35. The van der Waals surface area contributed by atoms with Crippen LogP contribution in [0.3, 0.4) is 0 Å². The van der Waals surface area contributed by atoms with Gasteiger partial charge in [0.1, 0.15) is 11.5 Å². The molecule has 0 radical (unpaired) electrons. The Hall–Kier alpha value is -1.92. The highest BCUT2D eigenvalue weighted by Gasteiger charge is 2.22. The Kier molecular flexibility index (Phi) is 4.93. The smallest absolute Gasteiger partial charge is 0.275 e. The number of anilines is 1. The number of hydrogen-bond acceptors (Lipinski definition) is 4. The number of nitrogens with one attached hydrogen (secondary N) is 1. The van der Waals surface area contributed by atoms with Crippen molar-refractivity contribution in [2.24, 2.45) is 0 Å². The second kappa shape index (κ2) is 7.10. The van der Waals surface area contributed by atoms with Gasteiger partial charge in [0.2, 0.25) is 0 Å². The van der Waals surface area contributed by atoms with Gasteiger partial charge in [-0.2, -0.15) is 5.10 Å². The molecule has 1 fully saturated rings. The van der Waals surface area contributed by atoms with Crippen molar-refractivity contribution >= 4 is 23.3 Å². The number of rotatable bonds is 4. The van der Waals surface area contributed by atoms with Crippen molar-refractivity contribution in [2.45, 2.75) is 25.8 Å². The van der Waals surface area contributed by atoms with Crippen molar-refractivity contribution in [2.75, 3.05) is 25.0 Å². The number of likely N-dealkylation sites (tertiary alicyclic amines) is 1. The molecule has 0 saturated carbocycles. The molecule has 0 aromatic carbocycles. The van der Waals surface area contributed by atoms with E-state index in [0.29, 0.717) is 22.6 Å². The van der Waals surface area contributed by atoms with Gasteiger partial charge >= 0.3 is 0 Å². The van der Waals surface area contributed by atoms with E-state index >= 15 is 0 Å². The van der Waals surface area contributed by atoms with E-state index in [4.69, 9.17) is 11.6 Å². The minimum atomic E-state index is -0.255. The van der Waals surface area contributed by atoms with Gasteiger partial charge in [-0.1, -0.05) is 18.5 Å². The van der Waals surface area contributed by atoms with Gasteiger partial charge in [-0.15, -0.1) is 0 Å². The lowest BCUT2D eigenvalue weighted by Gasteiger charge is -2.31. The van der Waals surface area contributed by atoms with Crippen LogP contribution in [0.15, 0.2) is 30.6 Å². The highest BCUT2D eigenvalue weighted by Crippen LogP contribution is 2.25. The molecule has 6 nitrogen and oxygen atoms in total. The van der Waals surface area contributed by atoms with Gasteiger partial charge in [0.15, 0.2) is 0 Å². The first-order chi connectivity index (χ1) is 11.2. The van der Waals surface area contributed by atoms with E-state index in [1.165, 1.54) is 6.20 Å². The van der Waals surface area contributed by atoms with Gasteiger partial charge < -0.3 is 10.2 Å². The van der Waals surface area contributed by atoms with Crippen LogP contribution in [0.4, 0.5) is 5.82 Å². The monoisotopic (exact) mass is 333 g/mol. The third kappa shape index (κ3) is 3.71.